The third-order valence-corrected chi connectivity index (χ3v) is 4.14. The predicted molar refractivity (Wildman–Crippen MR) is 64.7 cm³/mol. The van der Waals surface area contributed by atoms with E-state index in [2.05, 4.69) is 20.3 Å². The van der Waals surface area contributed by atoms with Crippen molar-refractivity contribution in [2.75, 3.05) is 19.6 Å². The zero-order valence-corrected chi connectivity index (χ0v) is 10.0. The van der Waals surface area contributed by atoms with Crippen LogP contribution < -0.4 is 5.48 Å². The molecule has 94 valence electrons. The van der Waals surface area contributed by atoms with E-state index in [1.54, 1.807) is 12.4 Å². The minimum atomic E-state index is -0.387. The average Bonchev–Trinajstić information content (AvgIpc) is 2.85. The lowest BCUT2D eigenvalue weighted by Crippen LogP contribution is -2.58. The first kappa shape index (κ1) is 10.4. The van der Waals surface area contributed by atoms with Crippen molar-refractivity contribution in [3.05, 3.63) is 24.3 Å². The fraction of sp³-hybridized carbons (Fsp3) is 0.583. The molecule has 1 aromatic heterocycles. The second-order valence-electron chi connectivity index (χ2n) is 5.19. The summed E-state index contributed by atoms with van der Waals surface area (Å²) in [6, 6.07) is 0. The summed E-state index contributed by atoms with van der Waals surface area (Å²) < 4.78 is 0. The maximum absolute atomic E-state index is 5.83. The van der Waals surface area contributed by atoms with Crippen LogP contribution in [0.2, 0.25) is 0 Å². The Balaban J connectivity index is 1.67. The number of nitrogens with one attached hydrogen (secondary N) is 1. The molecule has 0 aliphatic carbocycles. The largest absolute Gasteiger partial charge is 0.298 e. The fourth-order valence-corrected chi connectivity index (χ4v) is 3.15. The van der Waals surface area contributed by atoms with E-state index >= 15 is 0 Å². The molecular formula is C12H15N5O. The van der Waals surface area contributed by atoms with E-state index in [1.807, 2.05) is 0 Å². The van der Waals surface area contributed by atoms with E-state index in [4.69, 9.17) is 9.83 Å². The lowest BCUT2D eigenvalue weighted by atomic mass is 9.81. The maximum atomic E-state index is 5.83. The molecule has 0 aromatic carbocycles. The van der Waals surface area contributed by atoms with Crippen molar-refractivity contribution in [3.8, 4) is 0 Å². The topological polar surface area (TPSA) is 62.6 Å². The van der Waals surface area contributed by atoms with Gasteiger partial charge in [-0.3, -0.25) is 4.90 Å². The average molecular weight is 245 g/mol. The monoisotopic (exact) mass is 245 g/mol. The van der Waals surface area contributed by atoms with Gasteiger partial charge in [0.25, 0.3) is 0 Å². The molecule has 3 saturated heterocycles. The van der Waals surface area contributed by atoms with Gasteiger partial charge in [0, 0.05) is 18.3 Å². The van der Waals surface area contributed by atoms with Crippen LogP contribution in [0.1, 0.15) is 18.4 Å². The van der Waals surface area contributed by atoms with E-state index in [9.17, 15) is 0 Å². The summed E-state index contributed by atoms with van der Waals surface area (Å²) in [7, 11) is 0. The van der Waals surface area contributed by atoms with Gasteiger partial charge in [-0.05, 0) is 25.9 Å². The Morgan fingerprint density at radius 1 is 1.28 bits per heavy atom. The minimum absolute atomic E-state index is 0.387. The first-order valence-electron chi connectivity index (χ1n) is 6.37. The van der Waals surface area contributed by atoms with Gasteiger partial charge in [0.05, 0.1) is 12.1 Å². The molecule has 4 aliphatic heterocycles. The number of piperidine rings is 3. The van der Waals surface area contributed by atoms with Crippen LogP contribution in [-0.4, -0.2) is 46.1 Å². The molecule has 5 rings (SSSR count). The van der Waals surface area contributed by atoms with E-state index < -0.39 is 0 Å². The van der Waals surface area contributed by atoms with Crippen LogP contribution in [0.15, 0.2) is 23.7 Å². The zero-order valence-electron chi connectivity index (χ0n) is 10.0. The SMILES string of the molecule is c1ncc(C2=N[C@]3(CN4CCC3CC4)ON2)cn1. The number of rotatable bonds is 1. The minimum Gasteiger partial charge on any atom is -0.298 e. The molecule has 0 amide bonds. The Morgan fingerprint density at radius 2 is 2.06 bits per heavy atom. The Kier molecular flexibility index (Phi) is 2.15. The summed E-state index contributed by atoms with van der Waals surface area (Å²) in [6.45, 7) is 3.24. The number of hydroxylamine groups is 1. The van der Waals surface area contributed by atoms with Crippen molar-refractivity contribution in [2.45, 2.75) is 18.6 Å². The Bertz CT molecular complexity index is 483. The first-order valence-corrected chi connectivity index (χ1v) is 6.37. The van der Waals surface area contributed by atoms with Crippen molar-refractivity contribution in [2.24, 2.45) is 10.9 Å². The number of hydrogen-bond acceptors (Lipinski definition) is 6. The molecule has 5 heterocycles. The van der Waals surface area contributed by atoms with Crippen molar-refractivity contribution in [3.63, 3.8) is 0 Å². The highest BCUT2D eigenvalue weighted by molar-refractivity contribution is 5.98. The summed E-state index contributed by atoms with van der Waals surface area (Å²) in [4.78, 5) is 21.1. The van der Waals surface area contributed by atoms with Gasteiger partial charge >= 0.3 is 0 Å². The summed E-state index contributed by atoms with van der Waals surface area (Å²) >= 11 is 0. The molecule has 6 heteroatoms. The summed E-state index contributed by atoms with van der Waals surface area (Å²) in [5.41, 5.74) is 3.45. The van der Waals surface area contributed by atoms with E-state index in [0.29, 0.717) is 5.92 Å². The van der Waals surface area contributed by atoms with Gasteiger partial charge in [-0.1, -0.05) is 0 Å². The van der Waals surface area contributed by atoms with E-state index in [-0.39, 0.29) is 5.72 Å². The van der Waals surface area contributed by atoms with Crippen LogP contribution in [-0.2, 0) is 4.84 Å². The molecule has 1 atom stereocenters. The van der Waals surface area contributed by atoms with Crippen molar-refractivity contribution in [1.82, 2.24) is 20.3 Å². The fourth-order valence-electron chi connectivity index (χ4n) is 3.15. The molecule has 3 fully saturated rings. The molecule has 1 aromatic rings. The molecule has 0 saturated carbocycles. The Morgan fingerprint density at radius 3 is 2.72 bits per heavy atom. The molecule has 0 radical (unpaired) electrons. The van der Waals surface area contributed by atoms with Crippen LogP contribution in [0.3, 0.4) is 0 Å². The maximum Gasteiger partial charge on any atom is 0.202 e. The van der Waals surface area contributed by atoms with Crippen LogP contribution >= 0.6 is 0 Å². The molecule has 18 heavy (non-hydrogen) atoms. The van der Waals surface area contributed by atoms with Gasteiger partial charge in [-0.2, -0.15) is 0 Å². The number of amidine groups is 1. The summed E-state index contributed by atoms with van der Waals surface area (Å²) in [6.07, 6.45) is 7.36. The molecular weight excluding hydrogens is 230 g/mol. The standard InChI is InChI=1S/C12H15N5O/c1-3-17-4-2-10(1)12(7-17)15-11(16-18-12)9-5-13-8-14-6-9/h5-6,8,10H,1-4,7H2,(H,15,16)/t12-/m1/s1. The molecule has 1 spiro atoms. The highest BCUT2D eigenvalue weighted by Gasteiger charge is 2.51. The second-order valence-corrected chi connectivity index (χ2v) is 5.19. The van der Waals surface area contributed by atoms with Gasteiger partial charge < -0.3 is 0 Å². The Hall–Kier alpha value is -1.53. The van der Waals surface area contributed by atoms with Crippen molar-refractivity contribution >= 4 is 5.84 Å². The number of aromatic nitrogens is 2. The van der Waals surface area contributed by atoms with Crippen LogP contribution in [0, 0.1) is 5.92 Å². The smallest absolute Gasteiger partial charge is 0.202 e. The van der Waals surface area contributed by atoms with Crippen LogP contribution in [0.25, 0.3) is 0 Å². The Labute approximate surface area is 105 Å². The first-order chi connectivity index (χ1) is 8.86. The van der Waals surface area contributed by atoms with Gasteiger partial charge in [0.15, 0.2) is 5.84 Å². The highest BCUT2D eigenvalue weighted by Crippen LogP contribution is 2.40. The molecule has 1 N–H and O–H groups in total. The number of nitrogens with zero attached hydrogens (tertiary/aromatic N) is 4. The highest BCUT2D eigenvalue weighted by atomic mass is 16.7. The predicted octanol–water partition coefficient (Wildman–Crippen LogP) is 0.180. The van der Waals surface area contributed by atoms with Crippen LogP contribution in [0.4, 0.5) is 0 Å². The van der Waals surface area contributed by atoms with Gasteiger partial charge in [-0.25, -0.2) is 25.3 Å². The quantitative estimate of drug-likeness (QED) is 0.764. The third kappa shape index (κ3) is 1.46. The lowest BCUT2D eigenvalue weighted by molar-refractivity contribution is -0.155. The van der Waals surface area contributed by atoms with E-state index in [0.717, 1.165) is 17.9 Å². The lowest BCUT2D eigenvalue weighted by Gasteiger charge is -2.47. The van der Waals surface area contributed by atoms with Crippen molar-refractivity contribution < 1.29 is 4.84 Å². The molecule has 2 bridgehead atoms. The molecule has 0 unspecified atom stereocenters. The van der Waals surface area contributed by atoms with Crippen molar-refractivity contribution in [1.29, 1.82) is 0 Å². The number of fused-ring (bicyclic) bond motifs is 2. The van der Waals surface area contributed by atoms with Gasteiger partial charge in [-0.15, -0.1) is 0 Å². The number of aliphatic imine (C=N–C) groups is 1. The third-order valence-electron chi connectivity index (χ3n) is 4.14. The van der Waals surface area contributed by atoms with Crippen LogP contribution in [0.5, 0.6) is 0 Å². The summed E-state index contributed by atoms with van der Waals surface area (Å²) in [5, 5.41) is 0. The van der Waals surface area contributed by atoms with E-state index in [1.165, 1.54) is 32.3 Å². The number of hydrogen-bond donors (Lipinski definition) is 1. The van der Waals surface area contributed by atoms with Gasteiger partial charge in [0.2, 0.25) is 5.72 Å². The summed E-state index contributed by atoms with van der Waals surface area (Å²) in [5.74, 6) is 1.28. The zero-order chi connectivity index (χ0) is 12.0. The second kappa shape index (κ2) is 3.73. The molecule has 6 nitrogen and oxygen atoms in total. The normalized spacial score (nSPS) is 37.7. The van der Waals surface area contributed by atoms with Gasteiger partial charge in [0.1, 0.15) is 6.33 Å². The molecule has 4 aliphatic rings.